The van der Waals surface area contributed by atoms with Gasteiger partial charge in [-0.1, -0.05) is 220 Å². The van der Waals surface area contributed by atoms with Gasteiger partial charge >= 0.3 is 0 Å². The van der Waals surface area contributed by atoms with Crippen molar-refractivity contribution in [2.24, 2.45) is 150 Å². The lowest BCUT2D eigenvalue weighted by Crippen LogP contribution is -2.60. The molecule has 9 N–H and O–H groups in total. The first-order valence-corrected chi connectivity index (χ1v) is 53.0. The highest BCUT2D eigenvalue weighted by molar-refractivity contribution is 7.59. The third kappa shape index (κ3) is 25.8. The van der Waals surface area contributed by atoms with Crippen molar-refractivity contribution in [3.05, 3.63) is 95.1 Å². The van der Waals surface area contributed by atoms with E-state index in [4.69, 9.17) is 0 Å². The van der Waals surface area contributed by atoms with E-state index >= 15 is 0 Å². The topological polar surface area (TPSA) is 112 Å². The van der Waals surface area contributed by atoms with Crippen LogP contribution in [0.15, 0.2) is 84.0 Å². The van der Waals surface area contributed by atoms with Gasteiger partial charge in [0.05, 0.1) is 0 Å². The third-order valence-corrected chi connectivity index (χ3v) is 39.6. The highest BCUT2D eigenvalue weighted by Crippen LogP contribution is 2.66. The summed E-state index contributed by atoms with van der Waals surface area (Å²) in [5.41, 5.74) is 9.95. The van der Waals surface area contributed by atoms with Gasteiger partial charge in [-0.25, -0.2) is 0 Å². The Kier molecular flexibility index (Phi) is 38.6. The zero-order valence-electron chi connectivity index (χ0n) is 83.8. The van der Waals surface area contributed by atoms with Crippen LogP contribution in [-0.4, -0.2) is 140 Å². The van der Waals surface area contributed by atoms with Crippen LogP contribution in [0, 0.1) is 150 Å². The van der Waals surface area contributed by atoms with Crippen molar-refractivity contribution in [2.75, 3.05) is 105 Å². The quantitative estimate of drug-likeness (QED) is 0.0248. The van der Waals surface area contributed by atoms with E-state index in [2.05, 4.69) is 250 Å². The molecule has 0 spiro atoms. The zero-order chi connectivity index (χ0) is 86.2. The molecule has 16 bridgehead atoms. The van der Waals surface area contributed by atoms with Crippen molar-refractivity contribution in [2.45, 2.75) is 353 Å². The molecule has 0 radical (unpaired) electrons. The number of benzene rings is 2. The van der Waals surface area contributed by atoms with Crippen LogP contribution < -0.4 is 47.9 Å². The van der Waals surface area contributed by atoms with Gasteiger partial charge in [-0.05, 0) is 362 Å². The molecule has 21 saturated carbocycles. The highest BCUT2D eigenvalue weighted by atomic mass is 32.1. The number of fused-ring (bicyclic) bond motifs is 12. The van der Waals surface area contributed by atoms with Gasteiger partial charge in [-0.2, -0.15) is 40.5 Å². The van der Waals surface area contributed by atoms with Crippen molar-refractivity contribution < 1.29 is 0 Å². The predicted octanol–water partition coefficient (Wildman–Crippen LogP) is 23.3. The average Bonchev–Trinajstić information content (AvgIpc) is 1.10. The fourth-order valence-corrected chi connectivity index (χ4v) is 31.8. The molecule has 22 aliphatic rings. The first kappa shape index (κ1) is 104. The molecule has 2 aromatic rings. The normalized spacial score (nSPS) is 37.1. The van der Waals surface area contributed by atoms with Gasteiger partial charge in [0.15, 0.2) is 0 Å². The summed E-state index contributed by atoms with van der Waals surface area (Å²) in [5, 5.41) is 34.1. The zero-order valence-corrected chi connectivity index (χ0v) is 86.8. The Morgan fingerprint density at radius 3 is 1.30 bits per heavy atom. The minimum absolute atomic E-state index is 0. The Balaban J connectivity index is 0.000000151. The van der Waals surface area contributed by atoms with Crippen LogP contribution in [0.4, 0.5) is 0 Å². The molecule has 0 aromatic heterocycles. The average molecular weight is 1780 g/mol. The summed E-state index contributed by atoms with van der Waals surface area (Å²) in [5.74, 6) is 18.9. The van der Waals surface area contributed by atoms with Crippen LogP contribution >= 0.6 is 40.5 Å². The van der Waals surface area contributed by atoms with Crippen LogP contribution in [0.2, 0.25) is 0 Å². The molecule has 1 saturated heterocycles. The van der Waals surface area contributed by atoms with Gasteiger partial charge < -0.3 is 47.9 Å². The molecule has 10 nitrogen and oxygen atoms in total. The van der Waals surface area contributed by atoms with Crippen molar-refractivity contribution in [3.8, 4) is 0 Å². The van der Waals surface area contributed by atoms with Crippen molar-refractivity contribution >= 4 is 40.5 Å². The molecular formula is C112H198N10S3. The van der Waals surface area contributed by atoms with E-state index in [1.807, 2.05) is 0 Å². The molecule has 714 valence electrons. The number of nitrogens with one attached hydrogen (secondary N) is 9. The molecular weight excluding hydrogens is 1580 g/mol. The minimum atomic E-state index is 0. The van der Waals surface area contributed by atoms with Crippen molar-refractivity contribution in [1.82, 2.24) is 52.8 Å². The second-order valence-corrected chi connectivity index (χ2v) is 50.0. The molecule has 21 aliphatic carbocycles. The summed E-state index contributed by atoms with van der Waals surface area (Å²) >= 11 is 0. The fourth-order valence-electron chi connectivity index (χ4n) is 31.8. The summed E-state index contributed by atoms with van der Waals surface area (Å²) in [7, 11) is 0. The lowest BCUT2D eigenvalue weighted by molar-refractivity contribution is -0.115. The van der Waals surface area contributed by atoms with Crippen LogP contribution in [-0.2, 0) is 0 Å². The number of rotatable bonds is 34. The molecule has 1 aliphatic heterocycles. The second kappa shape index (κ2) is 46.4. The van der Waals surface area contributed by atoms with Crippen LogP contribution in [0.1, 0.15) is 334 Å². The molecule has 2 aromatic carbocycles. The van der Waals surface area contributed by atoms with E-state index in [-0.39, 0.29) is 40.5 Å². The molecule has 19 atom stereocenters. The maximum Gasteiger partial charge on any atom is 0.0214 e. The molecule has 1 heterocycles. The van der Waals surface area contributed by atoms with Crippen LogP contribution in [0.5, 0.6) is 0 Å². The maximum absolute atomic E-state index is 3.91. The second-order valence-electron chi connectivity index (χ2n) is 50.0. The van der Waals surface area contributed by atoms with E-state index in [1.165, 1.54) is 248 Å². The van der Waals surface area contributed by atoms with E-state index in [9.17, 15) is 0 Å². The van der Waals surface area contributed by atoms with Gasteiger partial charge in [0.2, 0.25) is 0 Å². The largest absolute Gasteiger partial charge is 0.315 e. The first-order valence-electron chi connectivity index (χ1n) is 53.0. The van der Waals surface area contributed by atoms with Crippen LogP contribution in [0.25, 0.3) is 0 Å². The number of hydrogen-bond donors (Lipinski definition) is 9. The lowest BCUT2D eigenvalue weighted by atomic mass is 9.45. The van der Waals surface area contributed by atoms with Gasteiger partial charge in [0.25, 0.3) is 0 Å². The monoisotopic (exact) mass is 1780 g/mol. The first-order chi connectivity index (χ1) is 58.4. The SMILES string of the molecule is CC(C)=CCC/C(C)=C/CNCCNC1C2CC3CC(C2)CC1C3.CC1(C)C2CCC(CNCCNCC(c3ccccc3)c3ccccc3)[C@@H]1C2.CC1(C)CC2CC(C)(CN2CCNC[C@@H]2CCC3C[C@@H]2C3(C)C)C1.C[C@@H]1C2C[C@@H](C[C@H]1NCCNC1CCCCCCC1)C2(C)C.C[C@@H]1C2C[C@@H](C[C@H]1NCCNC[C@@H]1CCC3C[C@@H]1C3(C)C)C2(C)C.S.S.S. The van der Waals surface area contributed by atoms with Crippen molar-refractivity contribution in [1.29, 1.82) is 0 Å². The van der Waals surface area contributed by atoms with Gasteiger partial charge in [0.1, 0.15) is 0 Å². The number of likely N-dealkylation sites (tertiary alicyclic amines) is 1. The Morgan fingerprint density at radius 1 is 0.416 bits per heavy atom. The Bertz CT molecular complexity index is 3470. The smallest absolute Gasteiger partial charge is 0.0214 e. The summed E-state index contributed by atoms with van der Waals surface area (Å²) in [6.07, 6.45) is 48.1. The summed E-state index contributed by atoms with van der Waals surface area (Å²) in [4.78, 5) is 2.81. The summed E-state index contributed by atoms with van der Waals surface area (Å²) < 4.78 is 0. The van der Waals surface area contributed by atoms with E-state index in [0.29, 0.717) is 43.8 Å². The minimum Gasteiger partial charge on any atom is -0.315 e. The third-order valence-electron chi connectivity index (χ3n) is 39.6. The molecule has 8 unspecified atom stereocenters. The predicted molar refractivity (Wildman–Crippen MR) is 553 cm³/mol. The molecule has 0 amide bonds. The Morgan fingerprint density at radius 2 is 0.840 bits per heavy atom. The number of hydrogen-bond acceptors (Lipinski definition) is 10. The molecule has 13 heteroatoms. The fraction of sp³-hybridized carbons (Fsp3) is 0.857. The Labute approximate surface area is 791 Å². The van der Waals surface area contributed by atoms with E-state index < -0.39 is 0 Å². The van der Waals surface area contributed by atoms with E-state index in [0.717, 1.165) is 208 Å². The molecule has 24 rings (SSSR count). The van der Waals surface area contributed by atoms with Gasteiger partial charge in [-0.3, -0.25) is 4.90 Å². The standard InChI is InChI=1S/C26H36N2.2C22H40N2.C22H38N2.C20H38N2.3H2S/c1-26(2)23-14-13-22(25(26)17-23)18-27-15-16-28-19-24(20-9-5-3-6-10-20)21-11-7-4-8-12-21;1-20(2)11-18-12-22(5,14-20)15-24(18)9-8-23-13-16-6-7-17-10-19(16)21(17,3)4;1-14-18-11-17(22(18,4)5)12-20(14)24-9-8-23-13-15-6-7-16-10-19(15)21(16,2)3;1-16(2)5-4-6-17(3)7-8-23-9-10-24-22-20-12-18-11-19(14-20)15-21(22)13-18;1-15-18-13-16(20(18,2)3)14-19(15)22-12-11-21-17-9-7-5-4-6-8-10-17;;;/h3-12,22-25,27-28H,13-19H2,1-2H3;16-19,23H,6-15H2,1-5H3;14-20,23-24H,6-13H2,1-5H3;5,7,18-24H,4,6,8-15H2,1-3H3;15-19,21-22H,4-14H2,1-3H3;3*1H2/b;;;17-7+;;;;/t22?,23?,25-;16-,17?,18?,19-,22?;14-,15+,16?,17+,18?,19+,20-;;15-,16+,18?,19-;;;/m001.1.../s1. The van der Waals surface area contributed by atoms with Gasteiger partial charge in [0, 0.05) is 121 Å². The van der Waals surface area contributed by atoms with Crippen LogP contribution in [0.3, 0.4) is 0 Å². The van der Waals surface area contributed by atoms with Gasteiger partial charge in [-0.15, -0.1) is 0 Å². The maximum atomic E-state index is 3.91. The highest BCUT2D eigenvalue weighted by Gasteiger charge is 2.60. The van der Waals surface area contributed by atoms with E-state index in [1.54, 1.807) is 6.42 Å². The lowest BCUT2D eigenvalue weighted by Gasteiger charge is -2.62. The summed E-state index contributed by atoms with van der Waals surface area (Å²) in [6.45, 7) is 62.6. The number of nitrogens with zero attached hydrogens (tertiary/aromatic N) is 1. The number of allylic oxidation sites excluding steroid dienone is 3. The molecule has 125 heavy (non-hydrogen) atoms. The van der Waals surface area contributed by atoms with Crippen molar-refractivity contribution in [3.63, 3.8) is 0 Å². The Hall–Kier alpha value is -1.43. The summed E-state index contributed by atoms with van der Waals surface area (Å²) in [6, 6.07) is 25.8. The molecule has 22 fully saturated rings.